The van der Waals surface area contributed by atoms with Gasteiger partial charge in [-0.3, -0.25) is 4.79 Å². The van der Waals surface area contributed by atoms with Crippen LogP contribution in [0.5, 0.6) is 0 Å². The number of amides is 1. The molecule has 1 fully saturated rings. The van der Waals surface area contributed by atoms with Crippen LogP contribution in [0.15, 0.2) is 59.1 Å². The van der Waals surface area contributed by atoms with E-state index in [4.69, 9.17) is 16.0 Å². The summed E-state index contributed by atoms with van der Waals surface area (Å²) in [6.45, 7) is 2.22. The Kier molecular flexibility index (Phi) is 5.63. The third-order valence-electron chi connectivity index (χ3n) is 4.88. The van der Waals surface area contributed by atoms with E-state index in [1.165, 1.54) is 18.5 Å². The highest BCUT2D eigenvalue weighted by Crippen LogP contribution is 2.28. The fourth-order valence-electron chi connectivity index (χ4n) is 3.39. The molecule has 2 aromatic carbocycles. The smallest absolute Gasteiger partial charge is 0.224 e. The molecular weight excluding hydrogens is 374 g/mol. The van der Waals surface area contributed by atoms with E-state index in [0.717, 1.165) is 24.3 Å². The fourth-order valence-corrected chi connectivity index (χ4v) is 3.62. The molecule has 1 aromatic heterocycles. The summed E-state index contributed by atoms with van der Waals surface area (Å²) in [4.78, 5) is 18.9. The quantitative estimate of drug-likeness (QED) is 0.625. The van der Waals surface area contributed by atoms with Gasteiger partial charge in [0.05, 0.1) is 11.2 Å². The molecule has 0 atom stereocenters. The van der Waals surface area contributed by atoms with Crippen molar-refractivity contribution in [1.82, 2.24) is 4.98 Å². The van der Waals surface area contributed by atoms with Gasteiger partial charge in [-0.15, -0.1) is 0 Å². The summed E-state index contributed by atoms with van der Waals surface area (Å²) >= 11 is 6.18. The third-order valence-corrected chi connectivity index (χ3v) is 5.21. The van der Waals surface area contributed by atoms with Crippen LogP contribution in [0, 0.1) is 0 Å². The van der Waals surface area contributed by atoms with Crippen molar-refractivity contribution in [3.05, 3.63) is 65.6 Å². The molecule has 0 spiro atoms. The van der Waals surface area contributed by atoms with Crippen LogP contribution in [0.3, 0.4) is 0 Å². The maximum absolute atomic E-state index is 12.2. The SMILES string of the molecule is O=C(CCc1ncc(-c2ccccc2Cl)o1)Nc1ccc(N2CCCC2)cc1. The molecular formula is C22H22ClN3O2. The molecule has 0 radical (unpaired) electrons. The first kappa shape index (κ1) is 18.6. The Labute approximate surface area is 169 Å². The maximum atomic E-state index is 12.2. The zero-order chi connectivity index (χ0) is 19.3. The average molecular weight is 396 g/mol. The number of hydrogen-bond acceptors (Lipinski definition) is 4. The summed E-state index contributed by atoms with van der Waals surface area (Å²) in [5.41, 5.74) is 2.81. The number of aromatic nitrogens is 1. The van der Waals surface area contributed by atoms with Crippen LogP contribution in [-0.2, 0) is 11.2 Å². The van der Waals surface area contributed by atoms with E-state index in [-0.39, 0.29) is 5.91 Å². The minimum Gasteiger partial charge on any atom is -0.441 e. The number of nitrogens with zero attached hydrogens (tertiary/aromatic N) is 2. The highest BCUT2D eigenvalue weighted by Gasteiger charge is 2.13. The van der Waals surface area contributed by atoms with Crippen LogP contribution in [0.2, 0.25) is 5.02 Å². The Bertz CT molecular complexity index is 946. The molecule has 5 nitrogen and oxygen atoms in total. The van der Waals surface area contributed by atoms with Gasteiger partial charge in [-0.1, -0.05) is 23.7 Å². The highest BCUT2D eigenvalue weighted by atomic mass is 35.5. The van der Waals surface area contributed by atoms with Crippen molar-refractivity contribution >= 4 is 28.9 Å². The lowest BCUT2D eigenvalue weighted by atomic mass is 10.2. The summed E-state index contributed by atoms with van der Waals surface area (Å²) in [6, 6.07) is 15.5. The summed E-state index contributed by atoms with van der Waals surface area (Å²) in [5, 5.41) is 3.54. The third kappa shape index (κ3) is 4.37. The molecule has 0 bridgehead atoms. The van der Waals surface area contributed by atoms with Gasteiger partial charge >= 0.3 is 0 Å². The van der Waals surface area contributed by atoms with Crippen molar-refractivity contribution in [2.24, 2.45) is 0 Å². The van der Waals surface area contributed by atoms with E-state index in [0.29, 0.717) is 29.5 Å². The van der Waals surface area contributed by atoms with Crippen molar-refractivity contribution < 1.29 is 9.21 Å². The normalized spacial score (nSPS) is 13.7. The second kappa shape index (κ2) is 8.48. The summed E-state index contributed by atoms with van der Waals surface area (Å²) < 4.78 is 5.74. The van der Waals surface area contributed by atoms with Crippen molar-refractivity contribution in [3.8, 4) is 11.3 Å². The Morgan fingerprint density at radius 3 is 2.61 bits per heavy atom. The number of nitrogens with one attached hydrogen (secondary N) is 1. The van der Waals surface area contributed by atoms with E-state index in [9.17, 15) is 4.79 Å². The number of rotatable bonds is 6. The lowest BCUT2D eigenvalue weighted by Gasteiger charge is -2.17. The zero-order valence-corrected chi connectivity index (χ0v) is 16.3. The van der Waals surface area contributed by atoms with Crippen LogP contribution >= 0.6 is 11.6 Å². The molecule has 144 valence electrons. The molecule has 2 heterocycles. The van der Waals surface area contributed by atoms with E-state index in [2.05, 4.69) is 27.3 Å². The molecule has 1 aliphatic heterocycles. The van der Waals surface area contributed by atoms with Gasteiger partial charge in [0.25, 0.3) is 0 Å². The first-order valence-electron chi connectivity index (χ1n) is 9.53. The number of carbonyl (C=O) groups excluding carboxylic acids is 1. The van der Waals surface area contributed by atoms with Gasteiger partial charge in [-0.25, -0.2) is 4.98 Å². The van der Waals surface area contributed by atoms with Crippen molar-refractivity contribution in [2.75, 3.05) is 23.3 Å². The first-order chi connectivity index (χ1) is 13.7. The molecule has 1 N–H and O–H groups in total. The predicted octanol–water partition coefficient (Wildman–Crippen LogP) is 5.17. The molecule has 1 aliphatic rings. The van der Waals surface area contributed by atoms with E-state index in [1.54, 1.807) is 6.20 Å². The van der Waals surface area contributed by atoms with Crippen LogP contribution in [0.25, 0.3) is 11.3 Å². The molecule has 0 saturated carbocycles. The maximum Gasteiger partial charge on any atom is 0.224 e. The summed E-state index contributed by atoms with van der Waals surface area (Å²) in [7, 11) is 0. The molecule has 6 heteroatoms. The number of carbonyl (C=O) groups is 1. The predicted molar refractivity (Wildman–Crippen MR) is 112 cm³/mol. The Morgan fingerprint density at radius 1 is 1.11 bits per heavy atom. The number of anilines is 2. The van der Waals surface area contributed by atoms with Crippen LogP contribution in [-0.4, -0.2) is 24.0 Å². The molecule has 1 amide bonds. The van der Waals surface area contributed by atoms with Gasteiger partial charge in [0.15, 0.2) is 11.7 Å². The van der Waals surface area contributed by atoms with Gasteiger partial charge in [-0.05, 0) is 49.2 Å². The van der Waals surface area contributed by atoms with E-state index < -0.39 is 0 Å². The number of oxazole rings is 1. The van der Waals surface area contributed by atoms with Gasteiger partial charge < -0.3 is 14.6 Å². The van der Waals surface area contributed by atoms with Crippen molar-refractivity contribution in [3.63, 3.8) is 0 Å². The molecule has 28 heavy (non-hydrogen) atoms. The zero-order valence-electron chi connectivity index (χ0n) is 15.5. The van der Waals surface area contributed by atoms with Crippen molar-refractivity contribution in [2.45, 2.75) is 25.7 Å². The molecule has 0 unspecified atom stereocenters. The lowest BCUT2D eigenvalue weighted by Crippen LogP contribution is -2.17. The van der Waals surface area contributed by atoms with Gasteiger partial charge in [-0.2, -0.15) is 0 Å². The molecule has 1 saturated heterocycles. The minimum absolute atomic E-state index is 0.0635. The van der Waals surface area contributed by atoms with Gasteiger partial charge in [0.1, 0.15) is 0 Å². The van der Waals surface area contributed by atoms with Crippen molar-refractivity contribution in [1.29, 1.82) is 0 Å². The number of benzene rings is 2. The topological polar surface area (TPSA) is 58.4 Å². The monoisotopic (exact) mass is 395 g/mol. The second-order valence-corrected chi connectivity index (χ2v) is 7.29. The lowest BCUT2D eigenvalue weighted by molar-refractivity contribution is -0.116. The Balaban J connectivity index is 1.30. The average Bonchev–Trinajstić information content (AvgIpc) is 3.40. The highest BCUT2D eigenvalue weighted by molar-refractivity contribution is 6.33. The molecule has 0 aliphatic carbocycles. The largest absolute Gasteiger partial charge is 0.441 e. The first-order valence-corrected chi connectivity index (χ1v) is 9.91. The molecule has 3 aromatic rings. The summed E-state index contributed by atoms with van der Waals surface area (Å²) in [5.74, 6) is 1.07. The van der Waals surface area contributed by atoms with E-state index >= 15 is 0 Å². The van der Waals surface area contributed by atoms with Gasteiger partial charge in [0.2, 0.25) is 5.91 Å². The minimum atomic E-state index is -0.0635. The second-order valence-electron chi connectivity index (χ2n) is 6.89. The van der Waals surface area contributed by atoms with Crippen LogP contribution in [0.1, 0.15) is 25.2 Å². The fraction of sp³-hybridized carbons (Fsp3) is 0.273. The van der Waals surface area contributed by atoms with Crippen LogP contribution < -0.4 is 10.2 Å². The van der Waals surface area contributed by atoms with Crippen LogP contribution in [0.4, 0.5) is 11.4 Å². The standard InChI is InChI=1S/C22H22ClN3O2/c23-19-6-2-1-5-18(19)20-15-24-22(28-20)12-11-21(27)25-16-7-9-17(10-8-16)26-13-3-4-14-26/h1-2,5-10,15H,3-4,11-14H2,(H,25,27). The molecule has 4 rings (SSSR count). The number of aryl methyl sites for hydroxylation is 1. The van der Waals surface area contributed by atoms with Gasteiger partial charge in [0, 0.05) is 42.9 Å². The number of halogens is 1. The summed E-state index contributed by atoms with van der Waals surface area (Å²) in [6.07, 6.45) is 4.87. The van der Waals surface area contributed by atoms with E-state index in [1.807, 2.05) is 36.4 Å². The Morgan fingerprint density at radius 2 is 1.86 bits per heavy atom. The number of hydrogen-bond donors (Lipinski definition) is 1. The Hall–Kier alpha value is -2.79.